The maximum Gasteiger partial charge on any atom is 0.311 e. The molecule has 1 atom stereocenters. The number of aryl methyl sites for hydroxylation is 2. The van der Waals surface area contributed by atoms with Gasteiger partial charge in [-0.25, -0.2) is 0 Å². The molecule has 158 valence electrons. The molecule has 6 heteroatoms. The summed E-state index contributed by atoms with van der Waals surface area (Å²) in [5, 5.41) is 4.71. The number of ether oxygens (including phenoxy) is 1. The van der Waals surface area contributed by atoms with Crippen molar-refractivity contribution in [1.82, 2.24) is 0 Å². The lowest BCUT2D eigenvalue weighted by atomic mass is 10.1. The topological polar surface area (TPSA) is 75.7 Å². The zero-order valence-corrected chi connectivity index (χ0v) is 17.6. The summed E-state index contributed by atoms with van der Waals surface area (Å²) in [6.07, 6.45) is 0.0703. The number of benzene rings is 3. The summed E-state index contributed by atoms with van der Waals surface area (Å²) in [4.78, 5) is 38.9. The molecular weight excluding hydrogens is 392 g/mol. The van der Waals surface area contributed by atoms with Gasteiger partial charge in [-0.3, -0.25) is 14.4 Å². The van der Waals surface area contributed by atoms with Crippen LogP contribution in [0, 0.1) is 19.8 Å². The molecule has 0 spiro atoms. The predicted molar refractivity (Wildman–Crippen MR) is 120 cm³/mol. The number of carbonyl (C=O) groups excluding carboxylic acids is 3. The van der Waals surface area contributed by atoms with E-state index in [0.29, 0.717) is 5.69 Å². The maximum atomic E-state index is 12.6. The standard InChI is InChI=1S/C25H24N2O4/c1-16-10-11-20(12-17(16)2)26-23(28)15-31-25(30)19-13-24(29)27(14-19)22-9-5-7-18-6-3-4-8-21(18)22/h3-12,19H,13-15H2,1-2H3,(H,26,28)/t19-/m0/s1. The molecule has 1 N–H and O–H groups in total. The smallest absolute Gasteiger partial charge is 0.311 e. The van der Waals surface area contributed by atoms with Gasteiger partial charge in [0.05, 0.1) is 11.6 Å². The number of amides is 2. The third kappa shape index (κ3) is 4.43. The lowest BCUT2D eigenvalue weighted by molar-refractivity contribution is -0.151. The van der Waals surface area contributed by atoms with Crippen LogP contribution in [0.4, 0.5) is 11.4 Å². The highest BCUT2D eigenvalue weighted by atomic mass is 16.5. The molecule has 6 nitrogen and oxygen atoms in total. The van der Waals surface area contributed by atoms with Gasteiger partial charge < -0.3 is 15.0 Å². The lowest BCUT2D eigenvalue weighted by Crippen LogP contribution is -2.28. The van der Waals surface area contributed by atoms with E-state index in [-0.39, 0.29) is 25.5 Å². The highest BCUT2D eigenvalue weighted by molar-refractivity contribution is 6.06. The highest BCUT2D eigenvalue weighted by Gasteiger charge is 2.36. The molecule has 1 aliphatic heterocycles. The number of hydrogen-bond donors (Lipinski definition) is 1. The van der Waals surface area contributed by atoms with E-state index in [0.717, 1.165) is 27.6 Å². The average molecular weight is 416 g/mol. The summed E-state index contributed by atoms with van der Waals surface area (Å²) >= 11 is 0. The van der Waals surface area contributed by atoms with Crippen LogP contribution in [-0.2, 0) is 19.1 Å². The molecule has 3 aromatic carbocycles. The fourth-order valence-electron chi connectivity index (χ4n) is 3.81. The van der Waals surface area contributed by atoms with Gasteiger partial charge in [-0.2, -0.15) is 0 Å². The van der Waals surface area contributed by atoms with Crippen molar-refractivity contribution in [3.63, 3.8) is 0 Å². The Morgan fingerprint density at radius 3 is 2.61 bits per heavy atom. The van der Waals surface area contributed by atoms with E-state index in [1.54, 1.807) is 11.0 Å². The van der Waals surface area contributed by atoms with Crippen LogP contribution in [-0.4, -0.2) is 30.9 Å². The van der Waals surface area contributed by atoms with E-state index in [1.807, 2.05) is 68.4 Å². The first kappa shape index (κ1) is 20.6. The van der Waals surface area contributed by atoms with Crippen molar-refractivity contribution in [3.05, 3.63) is 71.8 Å². The van der Waals surface area contributed by atoms with E-state index in [2.05, 4.69) is 5.32 Å². The Kier molecular flexibility index (Phi) is 5.71. The van der Waals surface area contributed by atoms with E-state index in [9.17, 15) is 14.4 Å². The van der Waals surface area contributed by atoms with Crippen LogP contribution in [0.1, 0.15) is 17.5 Å². The second-order valence-electron chi connectivity index (χ2n) is 7.86. The molecule has 0 saturated carbocycles. The SMILES string of the molecule is Cc1ccc(NC(=O)COC(=O)[C@H]2CC(=O)N(c3cccc4ccccc34)C2)cc1C. The van der Waals surface area contributed by atoms with Crippen molar-refractivity contribution in [2.75, 3.05) is 23.4 Å². The van der Waals surface area contributed by atoms with Crippen molar-refractivity contribution in [2.45, 2.75) is 20.3 Å². The van der Waals surface area contributed by atoms with Crippen LogP contribution < -0.4 is 10.2 Å². The molecule has 0 aliphatic carbocycles. The van der Waals surface area contributed by atoms with Gasteiger partial charge in [0.25, 0.3) is 5.91 Å². The molecule has 1 aliphatic rings. The van der Waals surface area contributed by atoms with Gasteiger partial charge in [0, 0.05) is 24.0 Å². The summed E-state index contributed by atoms with van der Waals surface area (Å²) in [6.45, 7) is 3.81. The minimum Gasteiger partial charge on any atom is -0.455 e. The zero-order valence-electron chi connectivity index (χ0n) is 17.6. The van der Waals surface area contributed by atoms with Gasteiger partial charge in [0.2, 0.25) is 5.91 Å². The van der Waals surface area contributed by atoms with Gasteiger partial charge in [-0.05, 0) is 48.6 Å². The van der Waals surface area contributed by atoms with Crippen molar-refractivity contribution < 1.29 is 19.1 Å². The Labute approximate surface area is 180 Å². The summed E-state index contributed by atoms with van der Waals surface area (Å²) in [6, 6.07) is 19.2. The van der Waals surface area contributed by atoms with Crippen LogP contribution in [0.5, 0.6) is 0 Å². The van der Waals surface area contributed by atoms with Gasteiger partial charge in [-0.1, -0.05) is 42.5 Å². The second kappa shape index (κ2) is 8.60. The van der Waals surface area contributed by atoms with Crippen molar-refractivity contribution in [3.8, 4) is 0 Å². The number of carbonyl (C=O) groups is 3. The van der Waals surface area contributed by atoms with E-state index in [4.69, 9.17) is 4.74 Å². The number of hydrogen-bond acceptors (Lipinski definition) is 4. The molecule has 0 aromatic heterocycles. The zero-order chi connectivity index (χ0) is 22.0. The Hall–Kier alpha value is -3.67. The molecule has 1 heterocycles. The largest absolute Gasteiger partial charge is 0.455 e. The molecule has 31 heavy (non-hydrogen) atoms. The van der Waals surface area contributed by atoms with Crippen LogP contribution in [0.2, 0.25) is 0 Å². The first-order valence-electron chi connectivity index (χ1n) is 10.2. The van der Waals surface area contributed by atoms with E-state index >= 15 is 0 Å². The Bertz CT molecular complexity index is 1170. The lowest BCUT2D eigenvalue weighted by Gasteiger charge is -2.18. The predicted octanol–water partition coefficient (Wildman–Crippen LogP) is 3.99. The van der Waals surface area contributed by atoms with Crippen molar-refractivity contribution in [1.29, 1.82) is 0 Å². The monoisotopic (exact) mass is 416 g/mol. The minimum absolute atomic E-state index is 0.0703. The van der Waals surface area contributed by atoms with E-state index < -0.39 is 17.8 Å². The van der Waals surface area contributed by atoms with Crippen LogP contribution in [0.15, 0.2) is 60.7 Å². The molecule has 2 amide bonds. The molecule has 0 radical (unpaired) electrons. The van der Waals surface area contributed by atoms with Gasteiger partial charge >= 0.3 is 5.97 Å². The fourth-order valence-corrected chi connectivity index (χ4v) is 3.81. The third-order valence-electron chi connectivity index (χ3n) is 5.65. The second-order valence-corrected chi connectivity index (χ2v) is 7.86. The number of esters is 1. The molecule has 0 bridgehead atoms. The first-order chi connectivity index (χ1) is 14.9. The summed E-state index contributed by atoms with van der Waals surface area (Å²) in [5.41, 5.74) is 3.63. The Morgan fingerprint density at radius 2 is 1.81 bits per heavy atom. The highest BCUT2D eigenvalue weighted by Crippen LogP contribution is 2.32. The summed E-state index contributed by atoms with van der Waals surface area (Å²) in [5.74, 6) is -1.67. The van der Waals surface area contributed by atoms with Gasteiger partial charge in [-0.15, -0.1) is 0 Å². The fraction of sp³-hybridized carbons (Fsp3) is 0.240. The molecule has 1 saturated heterocycles. The number of rotatable bonds is 5. The number of anilines is 2. The Balaban J connectivity index is 1.37. The molecule has 3 aromatic rings. The molecule has 1 fully saturated rings. The number of nitrogens with one attached hydrogen (secondary N) is 1. The summed E-state index contributed by atoms with van der Waals surface area (Å²) < 4.78 is 5.20. The third-order valence-corrected chi connectivity index (χ3v) is 5.65. The Morgan fingerprint density at radius 1 is 1.03 bits per heavy atom. The van der Waals surface area contributed by atoms with Crippen molar-refractivity contribution in [2.24, 2.45) is 5.92 Å². The van der Waals surface area contributed by atoms with Gasteiger partial charge in [0.1, 0.15) is 0 Å². The van der Waals surface area contributed by atoms with Crippen LogP contribution >= 0.6 is 0 Å². The summed E-state index contributed by atoms with van der Waals surface area (Å²) in [7, 11) is 0. The quantitative estimate of drug-likeness (QED) is 0.638. The molecule has 0 unspecified atom stereocenters. The van der Waals surface area contributed by atoms with Crippen LogP contribution in [0.3, 0.4) is 0 Å². The van der Waals surface area contributed by atoms with Crippen LogP contribution in [0.25, 0.3) is 10.8 Å². The maximum absolute atomic E-state index is 12.6. The average Bonchev–Trinajstić information content (AvgIpc) is 3.15. The molecule has 4 rings (SSSR count). The number of nitrogens with zero attached hydrogens (tertiary/aromatic N) is 1. The normalized spacial score (nSPS) is 15.9. The van der Waals surface area contributed by atoms with E-state index in [1.165, 1.54) is 0 Å². The first-order valence-corrected chi connectivity index (χ1v) is 10.2. The number of fused-ring (bicyclic) bond motifs is 1. The minimum atomic E-state index is -0.596. The van der Waals surface area contributed by atoms with Crippen molar-refractivity contribution >= 4 is 39.9 Å². The molecular formula is C25H24N2O4. The van der Waals surface area contributed by atoms with Gasteiger partial charge in [0.15, 0.2) is 6.61 Å².